The lowest BCUT2D eigenvalue weighted by atomic mass is 10.0. The van der Waals surface area contributed by atoms with Crippen molar-refractivity contribution in [1.82, 2.24) is 9.47 Å². The summed E-state index contributed by atoms with van der Waals surface area (Å²) in [5.74, 6) is -2.04. The van der Waals surface area contributed by atoms with E-state index in [0.717, 1.165) is 22.0 Å². The number of imide groups is 1. The maximum atomic E-state index is 12.8. The van der Waals surface area contributed by atoms with Crippen LogP contribution in [0.1, 0.15) is 31.9 Å². The molecule has 1 aromatic heterocycles. The molecule has 2 amide bonds. The normalized spacial score (nSPS) is 17.0. The summed E-state index contributed by atoms with van der Waals surface area (Å²) >= 11 is 0. The van der Waals surface area contributed by atoms with Crippen molar-refractivity contribution in [3.63, 3.8) is 0 Å². The molecule has 0 atom stereocenters. The summed E-state index contributed by atoms with van der Waals surface area (Å²) in [7, 11) is -7.83. The lowest BCUT2D eigenvalue weighted by molar-refractivity contribution is -0.139. The highest BCUT2D eigenvalue weighted by Crippen LogP contribution is 2.29. The van der Waals surface area contributed by atoms with Crippen molar-refractivity contribution in [2.45, 2.75) is 39.1 Å². The zero-order valence-corrected chi connectivity index (χ0v) is 20.8. The highest BCUT2D eigenvalue weighted by atomic mass is 32.2. The van der Waals surface area contributed by atoms with Crippen molar-refractivity contribution < 1.29 is 31.5 Å². The lowest BCUT2D eigenvalue weighted by Gasteiger charge is -2.27. The van der Waals surface area contributed by atoms with Crippen molar-refractivity contribution in [2.75, 3.05) is 19.1 Å². The zero-order valence-electron chi connectivity index (χ0n) is 19.2. The predicted molar refractivity (Wildman–Crippen MR) is 123 cm³/mol. The van der Waals surface area contributed by atoms with Crippen LogP contribution in [-0.2, 0) is 35.8 Å². The molecule has 0 aliphatic carbocycles. The first-order chi connectivity index (χ1) is 15.1. The van der Waals surface area contributed by atoms with Gasteiger partial charge in [0.1, 0.15) is 9.80 Å². The number of allylic oxidation sites excluding steroid dienone is 2. The largest absolute Gasteiger partial charge is 0.494 e. The SMILES string of the molecule is CCN1C(=O)C(=CC=Cc2c(C)c(S(C)(=O)=O)c(=O)n(CC)c2O)C(C)=C(S(C)(=O)=O)C1=O. The van der Waals surface area contributed by atoms with Crippen LogP contribution in [0.15, 0.2) is 37.9 Å². The van der Waals surface area contributed by atoms with Crippen LogP contribution in [0.4, 0.5) is 0 Å². The molecule has 2 rings (SSSR count). The van der Waals surface area contributed by atoms with E-state index in [4.69, 9.17) is 0 Å². The molecule has 1 aromatic rings. The summed E-state index contributed by atoms with van der Waals surface area (Å²) in [5, 5.41) is 10.5. The van der Waals surface area contributed by atoms with Crippen LogP contribution in [0.5, 0.6) is 5.88 Å². The summed E-state index contributed by atoms with van der Waals surface area (Å²) < 4.78 is 49.6. The monoisotopic (exact) mass is 498 g/mol. The highest BCUT2D eigenvalue weighted by molar-refractivity contribution is 7.95. The van der Waals surface area contributed by atoms with E-state index in [1.54, 1.807) is 6.92 Å². The molecule has 1 aliphatic rings. The number of sulfone groups is 2. The Morgan fingerprint density at radius 3 is 1.94 bits per heavy atom. The lowest BCUT2D eigenvalue weighted by Crippen LogP contribution is -2.44. The first-order valence-corrected chi connectivity index (χ1v) is 13.7. The van der Waals surface area contributed by atoms with E-state index in [1.807, 2.05) is 0 Å². The van der Waals surface area contributed by atoms with Crippen LogP contribution in [0, 0.1) is 6.92 Å². The second-order valence-electron chi connectivity index (χ2n) is 7.53. The first kappa shape index (κ1) is 26.3. The van der Waals surface area contributed by atoms with E-state index >= 15 is 0 Å². The number of carbonyl (C=O) groups excluding carboxylic acids is 2. The van der Waals surface area contributed by atoms with Gasteiger partial charge in [0.05, 0.1) is 0 Å². The minimum Gasteiger partial charge on any atom is -0.494 e. The molecule has 0 aromatic carbocycles. The Balaban J connectivity index is 2.78. The van der Waals surface area contributed by atoms with Crippen LogP contribution in [0.25, 0.3) is 6.08 Å². The summed E-state index contributed by atoms with van der Waals surface area (Å²) in [5.41, 5.74) is -0.827. The number of aromatic nitrogens is 1. The topological polar surface area (TPSA) is 148 Å². The molecule has 1 N–H and O–H groups in total. The fraction of sp³-hybridized carbons (Fsp3) is 0.381. The molecule has 0 saturated heterocycles. The molecule has 0 saturated carbocycles. The molecule has 2 heterocycles. The maximum absolute atomic E-state index is 12.8. The smallest absolute Gasteiger partial charge is 0.272 e. The molecule has 180 valence electrons. The van der Waals surface area contributed by atoms with Gasteiger partial charge in [-0.1, -0.05) is 6.08 Å². The van der Waals surface area contributed by atoms with E-state index in [-0.39, 0.29) is 35.4 Å². The van der Waals surface area contributed by atoms with Crippen molar-refractivity contribution in [2.24, 2.45) is 0 Å². The van der Waals surface area contributed by atoms with Gasteiger partial charge in [-0.3, -0.25) is 23.9 Å². The molecule has 0 radical (unpaired) electrons. The second-order valence-corrected chi connectivity index (χ2v) is 11.4. The average molecular weight is 499 g/mol. The van der Waals surface area contributed by atoms with Gasteiger partial charge in [-0.15, -0.1) is 0 Å². The molecule has 0 unspecified atom stereocenters. The Morgan fingerprint density at radius 2 is 1.48 bits per heavy atom. The molecule has 0 fully saturated rings. The number of amides is 2. The Hall–Kier alpha value is -2.99. The van der Waals surface area contributed by atoms with Gasteiger partial charge in [-0.05, 0) is 51.0 Å². The van der Waals surface area contributed by atoms with Gasteiger partial charge in [0.2, 0.25) is 5.88 Å². The minimum atomic E-state index is -3.92. The van der Waals surface area contributed by atoms with Crippen molar-refractivity contribution in [3.05, 3.63) is 49.7 Å². The first-order valence-electron chi connectivity index (χ1n) is 9.91. The molecule has 1 aliphatic heterocycles. The Kier molecular flexibility index (Phi) is 7.24. The van der Waals surface area contributed by atoms with Gasteiger partial charge < -0.3 is 5.11 Å². The molecule has 33 heavy (non-hydrogen) atoms. The van der Waals surface area contributed by atoms with Crippen molar-refractivity contribution in [1.29, 1.82) is 0 Å². The van der Waals surface area contributed by atoms with Crippen molar-refractivity contribution >= 4 is 37.6 Å². The molecule has 10 nitrogen and oxygen atoms in total. The number of aromatic hydroxyl groups is 1. The number of likely N-dealkylation sites (N-methyl/N-ethyl adjacent to an activating group) is 1. The summed E-state index contributed by atoms with van der Waals surface area (Å²) in [4.78, 5) is 37.6. The number of rotatable bonds is 6. The number of hydrogen-bond donors (Lipinski definition) is 1. The molecular formula is C21H26N2O8S2. The Bertz CT molecular complexity index is 1410. The van der Waals surface area contributed by atoms with Gasteiger partial charge in [0, 0.05) is 36.7 Å². The zero-order chi connectivity index (χ0) is 25.5. The van der Waals surface area contributed by atoms with Gasteiger partial charge in [0.25, 0.3) is 17.4 Å². The van der Waals surface area contributed by atoms with E-state index in [1.165, 1.54) is 39.0 Å². The Labute approximate surface area is 192 Å². The predicted octanol–water partition coefficient (Wildman–Crippen LogP) is 0.933. The number of carbonyl (C=O) groups is 2. The summed E-state index contributed by atoms with van der Waals surface area (Å²) in [6, 6.07) is 0. The van der Waals surface area contributed by atoms with E-state index < -0.39 is 52.7 Å². The standard InChI is InChI=1S/C21H26N2O8S2/c1-7-22-18(24)14(12(3)16(20(22)26)32(5,28)29)10-9-11-15-13(4)17(33(6,30)31)21(27)23(8-2)19(15)25/h9-11,24H,7-8H2,1-6H3. The third-order valence-electron chi connectivity index (χ3n) is 5.24. The van der Waals surface area contributed by atoms with Crippen LogP contribution in [0.2, 0.25) is 0 Å². The third kappa shape index (κ3) is 4.71. The average Bonchev–Trinajstić information content (AvgIpc) is 2.65. The van der Waals surface area contributed by atoms with E-state index in [0.29, 0.717) is 0 Å². The van der Waals surface area contributed by atoms with Crippen LogP contribution in [-0.4, -0.2) is 62.3 Å². The summed E-state index contributed by atoms with van der Waals surface area (Å²) in [6.45, 7) is 5.80. The van der Waals surface area contributed by atoms with Crippen LogP contribution in [0.3, 0.4) is 0 Å². The van der Waals surface area contributed by atoms with E-state index in [9.17, 15) is 36.3 Å². The maximum Gasteiger partial charge on any atom is 0.272 e. The minimum absolute atomic E-state index is 0.0149. The van der Waals surface area contributed by atoms with Crippen LogP contribution >= 0.6 is 0 Å². The van der Waals surface area contributed by atoms with Gasteiger partial charge in [0.15, 0.2) is 19.7 Å². The molecule has 12 heteroatoms. The fourth-order valence-electron chi connectivity index (χ4n) is 3.71. The number of hydrogen-bond acceptors (Lipinski definition) is 8. The number of nitrogens with zero attached hydrogens (tertiary/aromatic N) is 2. The molecule has 0 bridgehead atoms. The highest BCUT2D eigenvalue weighted by Gasteiger charge is 2.38. The fourth-order valence-corrected chi connectivity index (χ4v) is 5.90. The quantitative estimate of drug-likeness (QED) is 0.450. The van der Waals surface area contributed by atoms with E-state index in [2.05, 4.69) is 0 Å². The van der Waals surface area contributed by atoms with Gasteiger partial charge in [-0.25, -0.2) is 16.8 Å². The molecular weight excluding hydrogens is 472 g/mol. The third-order valence-corrected chi connectivity index (χ3v) is 7.68. The van der Waals surface area contributed by atoms with Gasteiger partial charge in [-0.2, -0.15) is 0 Å². The molecule has 0 spiro atoms. The van der Waals surface area contributed by atoms with Crippen molar-refractivity contribution in [3.8, 4) is 5.88 Å². The second kappa shape index (κ2) is 9.10. The summed E-state index contributed by atoms with van der Waals surface area (Å²) in [6.07, 6.45) is 5.67. The Morgan fingerprint density at radius 1 is 0.909 bits per heavy atom. The van der Waals surface area contributed by atoms with Crippen LogP contribution < -0.4 is 5.56 Å². The number of pyridine rings is 1. The van der Waals surface area contributed by atoms with Gasteiger partial charge >= 0.3 is 0 Å².